The Morgan fingerprint density at radius 2 is 2.10 bits per heavy atom. The number of hydrogen-bond donors (Lipinski definition) is 2. The number of rotatable bonds is 4. The number of carbonyl (C=O) groups is 1. The third-order valence-electron chi connectivity index (χ3n) is 3.00. The molecule has 0 atom stereocenters. The van der Waals surface area contributed by atoms with Crippen LogP contribution in [-0.4, -0.2) is 17.6 Å². The van der Waals surface area contributed by atoms with E-state index < -0.39 is 5.97 Å². The van der Waals surface area contributed by atoms with Crippen LogP contribution in [-0.2, 0) is 16.0 Å². The fourth-order valence-electron chi connectivity index (χ4n) is 2.06. The number of nitrogen functional groups attached to an aromatic ring is 1. The van der Waals surface area contributed by atoms with Crippen LogP contribution >= 0.6 is 11.6 Å². The lowest BCUT2D eigenvalue weighted by molar-refractivity contribution is -0.142. The van der Waals surface area contributed by atoms with Gasteiger partial charge < -0.3 is 15.5 Å². The molecule has 0 unspecified atom stereocenters. The smallest absolute Gasteiger partial charge is 0.310 e. The molecule has 3 N–H and O–H groups in total. The summed E-state index contributed by atoms with van der Waals surface area (Å²) in [6.07, 6.45) is 1.39. The predicted octanol–water partition coefficient (Wildman–Crippen LogP) is 2.38. The molecular formula is C15H15ClN2O3. The maximum atomic E-state index is 12.0. The summed E-state index contributed by atoms with van der Waals surface area (Å²) in [4.78, 5) is 26.2. The van der Waals surface area contributed by atoms with Gasteiger partial charge in [0.05, 0.1) is 13.0 Å². The van der Waals surface area contributed by atoms with Crippen molar-refractivity contribution < 1.29 is 9.53 Å². The van der Waals surface area contributed by atoms with Gasteiger partial charge in [-0.25, -0.2) is 0 Å². The average Bonchev–Trinajstić information content (AvgIpc) is 2.44. The van der Waals surface area contributed by atoms with Crippen LogP contribution in [0.25, 0.3) is 11.1 Å². The molecule has 0 radical (unpaired) electrons. The summed E-state index contributed by atoms with van der Waals surface area (Å²) in [5, 5.41) is 0.501. The molecule has 0 saturated carbocycles. The van der Waals surface area contributed by atoms with Gasteiger partial charge in [-0.3, -0.25) is 9.59 Å². The van der Waals surface area contributed by atoms with Crippen LogP contribution in [0, 0.1) is 0 Å². The first-order valence-corrected chi connectivity index (χ1v) is 6.82. The van der Waals surface area contributed by atoms with Gasteiger partial charge in [-0.2, -0.15) is 0 Å². The van der Waals surface area contributed by atoms with Gasteiger partial charge in [0.15, 0.2) is 0 Å². The number of hydrogen-bond acceptors (Lipinski definition) is 4. The van der Waals surface area contributed by atoms with Crippen molar-refractivity contribution in [3.05, 3.63) is 51.4 Å². The Kier molecular flexibility index (Phi) is 4.65. The molecule has 0 aliphatic rings. The second-order valence-electron chi connectivity index (χ2n) is 4.41. The van der Waals surface area contributed by atoms with Crippen molar-refractivity contribution in [2.75, 3.05) is 12.3 Å². The van der Waals surface area contributed by atoms with Crippen LogP contribution in [0.4, 0.5) is 5.69 Å². The maximum Gasteiger partial charge on any atom is 0.310 e. The van der Waals surface area contributed by atoms with Gasteiger partial charge >= 0.3 is 5.97 Å². The first kappa shape index (κ1) is 15.1. The van der Waals surface area contributed by atoms with Crippen molar-refractivity contribution in [2.45, 2.75) is 13.3 Å². The topological polar surface area (TPSA) is 85.2 Å². The van der Waals surface area contributed by atoms with Gasteiger partial charge in [0.1, 0.15) is 0 Å². The molecule has 0 aliphatic heterocycles. The van der Waals surface area contributed by atoms with E-state index in [4.69, 9.17) is 22.1 Å². The Morgan fingerprint density at radius 3 is 2.81 bits per heavy atom. The van der Waals surface area contributed by atoms with E-state index in [0.717, 1.165) is 0 Å². The minimum atomic E-state index is -0.462. The molecule has 110 valence electrons. The largest absolute Gasteiger partial charge is 0.466 e. The zero-order chi connectivity index (χ0) is 15.4. The molecule has 0 aliphatic carbocycles. The fourth-order valence-corrected chi connectivity index (χ4v) is 2.23. The zero-order valence-electron chi connectivity index (χ0n) is 11.5. The number of H-pyrrole nitrogens is 1. The van der Waals surface area contributed by atoms with E-state index in [1.807, 2.05) is 0 Å². The van der Waals surface area contributed by atoms with Crippen molar-refractivity contribution in [1.82, 2.24) is 4.98 Å². The van der Waals surface area contributed by atoms with Crippen molar-refractivity contribution in [3.8, 4) is 11.1 Å². The molecular weight excluding hydrogens is 292 g/mol. The van der Waals surface area contributed by atoms with Gasteiger partial charge in [0.2, 0.25) is 0 Å². The number of pyridine rings is 1. The quantitative estimate of drug-likeness (QED) is 0.671. The molecule has 0 saturated heterocycles. The summed E-state index contributed by atoms with van der Waals surface area (Å²) >= 11 is 5.98. The summed E-state index contributed by atoms with van der Waals surface area (Å²) in [6, 6.07) is 6.68. The number of nitrogens with one attached hydrogen (secondary N) is 1. The molecule has 1 aromatic heterocycles. The minimum absolute atomic E-state index is 0.120. The van der Waals surface area contributed by atoms with Crippen LogP contribution < -0.4 is 11.3 Å². The van der Waals surface area contributed by atoms with Gasteiger partial charge in [0, 0.05) is 28.0 Å². The highest BCUT2D eigenvalue weighted by Gasteiger charge is 2.15. The molecule has 0 fully saturated rings. The Balaban J connectivity index is 2.54. The molecule has 2 aromatic rings. The van der Waals surface area contributed by atoms with Crippen LogP contribution in [0.5, 0.6) is 0 Å². The van der Waals surface area contributed by atoms with E-state index >= 15 is 0 Å². The lowest BCUT2D eigenvalue weighted by atomic mass is 9.98. The van der Waals surface area contributed by atoms with Crippen molar-refractivity contribution in [1.29, 1.82) is 0 Å². The second-order valence-corrected chi connectivity index (χ2v) is 4.85. The van der Waals surface area contributed by atoms with Crippen molar-refractivity contribution in [3.63, 3.8) is 0 Å². The van der Waals surface area contributed by atoms with Crippen molar-refractivity contribution >= 4 is 23.3 Å². The predicted molar refractivity (Wildman–Crippen MR) is 82.3 cm³/mol. The molecule has 1 heterocycles. The Bertz CT molecular complexity index is 725. The fraction of sp³-hybridized carbons (Fsp3) is 0.200. The van der Waals surface area contributed by atoms with E-state index in [9.17, 15) is 9.59 Å². The maximum absolute atomic E-state index is 12.0. The van der Waals surface area contributed by atoms with E-state index in [1.165, 1.54) is 6.20 Å². The van der Waals surface area contributed by atoms with Crippen LogP contribution in [0.2, 0.25) is 5.02 Å². The standard InChI is InChI=1S/C15H15ClN2O3/c1-2-21-14(19)8-12-10(5-6-18-15(12)20)11-7-9(16)3-4-13(11)17/h3-7H,2,8,17H2,1H3,(H,18,20). The SMILES string of the molecule is CCOC(=O)Cc1c(-c2cc(Cl)ccc2N)cc[nH]c1=O. The van der Waals surface area contributed by atoms with Crippen LogP contribution in [0.1, 0.15) is 12.5 Å². The summed E-state index contributed by atoms with van der Waals surface area (Å²) in [6.45, 7) is 1.97. The minimum Gasteiger partial charge on any atom is -0.466 e. The van der Waals surface area contributed by atoms with Gasteiger partial charge in [-0.1, -0.05) is 11.6 Å². The van der Waals surface area contributed by atoms with E-state index in [-0.39, 0.29) is 18.6 Å². The Hall–Kier alpha value is -2.27. The van der Waals surface area contributed by atoms with E-state index in [2.05, 4.69) is 4.98 Å². The molecule has 0 bridgehead atoms. The number of carbonyl (C=O) groups excluding carboxylic acids is 1. The lowest BCUT2D eigenvalue weighted by Gasteiger charge is -2.11. The summed E-state index contributed by atoms with van der Waals surface area (Å²) in [5.41, 5.74) is 7.58. The number of ether oxygens (including phenoxy) is 1. The molecule has 0 spiro atoms. The highest BCUT2D eigenvalue weighted by Crippen LogP contribution is 2.30. The van der Waals surface area contributed by atoms with Crippen LogP contribution in [0.15, 0.2) is 35.3 Å². The van der Waals surface area contributed by atoms with E-state index in [0.29, 0.717) is 27.4 Å². The third-order valence-corrected chi connectivity index (χ3v) is 3.23. The molecule has 5 nitrogen and oxygen atoms in total. The Morgan fingerprint density at radius 1 is 1.33 bits per heavy atom. The third kappa shape index (κ3) is 3.44. The number of nitrogens with two attached hydrogens (primary N) is 1. The number of esters is 1. The number of halogens is 1. The number of anilines is 1. The lowest BCUT2D eigenvalue weighted by Crippen LogP contribution is -2.19. The van der Waals surface area contributed by atoms with Gasteiger partial charge in [-0.05, 0) is 36.8 Å². The normalized spacial score (nSPS) is 10.4. The highest BCUT2D eigenvalue weighted by molar-refractivity contribution is 6.31. The Labute approximate surface area is 126 Å². The first-order valence-electron chi connectivity index (χ1n) is 6.44. The van der Waals surface area contributed by atoms with Gasteiger partial charge in [-0.15, -0.1) is 0 Å². The highest BCUT2D eigenvalue weighted by atomic mass is 35.5. The van der Waals surface area contributed by atoms with Gasteiger partial charge in [0.25, 0.3) is 5.56 Å². The van der Waals surface area contributed by atoms with Crippen molar-refractivity contribution in [2.24, 2.45) is 0 Å². The molecule has 21 heavy (non-hydrogen) atoms. The summed E-state index contributed by atoms with van der Waals surface area (Å²) in [7, 11) is 0. The summed E-state index contributed by atoms with van der Waals surface area (Å²) < 4.78 is 4.90. The van der Waals surface area contributed by atoms with E-state index in [1.54, 1.807) is 31.2 Å². The summed E-state index contributed by atoms with van der Waals surface area (Å²) in [5.74, 6) is -0.462. The number of benzene rings is 1. The molecule has 0 amide bonds. The molecule has 2 rings (SSSR count). The first-order chi connectivity index (χ1) is 10.0. The number of aromatic nitrogens is 1. The number of aromatic amines is 1. The zero-order valence-corrected chi connectivity index (χ0v) is 12.2. The monoisotopic (exact) mass is 306 g/mol. The molecule has 6 heteroatoms. The molecule has 1 aromatic carbocycles. The second kappa shape index (κ2) is 6.45. The average molecular weight is 307 g/mol. The van der Waals surface area contributed by atoms with Crippen LogP contribution in [0.3, 0.4) is 0 Å².